The van der Waals surface area contributed by atoms with E-state index in [9.17, 15) is 14.4 Å². The first-order valence-electron chi connectivity index (χ1n) is 6.51. The third-order valence-corrected chi connectivity index (χ3v) is 2.55. The summed E-state index contributed by atoms with van der Waals surface area (Å²) in [7, 11) is 0. The summed E-state index contributed by atoms with van der Waals surface area (Å²) < 4.78 is 14.3. The molecule has 7 heteroatoms. The maximum absolute atomic E-state index is 11.9. The lowest BCUT2D eigenvalue weighted by Gasteiger charge is -2.08. The van der Waals surface area contributed by atoms with Crippen molar-refractivity contribution in [2.75, 3.05) is 13.2 Å². The molecule has 22 heavy (non-hydrogen) atoms. The van der Waals surface area contributed by atoms with E-state index >= 15 is 0 Å². The Morgan fingerprint density at radius 3 is 2.18 bits per heavy atom. The molecule has 0 aromatic heterocycles. The molecule has 0 heterocycles. The van der Waals surface area contributed by atoms with Crippen molar-refractivity contribution in [2.45, 2.75) is 13.8 Å². The quantitative estimate of drug-likeness (QED) is 0.346. The standard InChI is InChI=1S/C15H15ClO6/c1-3-20-13(17)9-12(15(19)21-4-2)22-14(18)10-5-7-11(16)8-6-10/h5-9H,3-4H2,1-2H3/b12-9+. The Kier molecular flexibility index (Phi) is 7.12. The van der Waals surface area contributed by atoms with Gasteiger partial charge in [-0.2, -0.15) is 0 Å². The molecule has 118 valence electrons. The van der Waals surface area contributed by atoms with E-state index in [-0.39, 0.29) is 18.8 Å². The molecule has 0 saturated heterocycles. The summed E-state index contributed by atoms with van der Waals surface area (Å²) in [4.78, 5) is 35.1. The van der Waals surface area contributed by atoms with Gasteiger partial charge in [0.2, 0.25) is 5.76 Å². The Labute approximate surface area is 132 Å². The molecule has 0 N–H and O–H groups in total. The summed E-state index contributed by atoms with van der Waals surface area (Å²) in [6.45, 7) is 3.38. The molecule has 0 atom stereocenters. The number of carbonyl (C=O) groups is 3. The molecule has 0 aliphatic rings. The van der Waals surface area contributed by atoms with Gasteiger partial charge in [-0.1, -0.05) is 11.6 Å². The summed E-state index contributed by atoms with van der Waals surface area (Å²) in [5.41, 5.74) is 0.170. The van der Waals surface area contributed by atoms with Crippen LogP contribution in [0.3, 0.4) is 0 Å². The number of halogens is 1. The highest BCUT2D eigenvalue weighted by Crippen LogP contribution is 2.13. The number of rotatable bonds is 6. The zero-order valence-electron chi connectivity index (χ0n) is 12.1. The van der Waals surface area contributed by atoms with Gasteiger partial charge in [0.05, 0.1) is 24.9 Å². The van der Waals surface area contributed by atoms with E-state index in [0.717, 1.165) is 6.08 Å². The maximum Gasteiger partial charge on any atom is 0.374 e. The smallest absolute Gasteiger partial charge is 0.374 e. The van der Waals surface area contributed by atoms with Crippen molar-refractivity contribution in [1.29, 1.82) is 0 Å². The molecule has 0 aliphatic heterocycles. The van der Waals surface area contributed by atoms with Gasteiger partial charge < -0.3 is 14.2 Å². The van der Waals surface area contributed by atoms with Gasteiger partial charge in [0, 0.05) is 5.02 Å². The highest BCUT2D eigenvalue weighted by molar-refractivity contribution is 6.30. The van der Waals surface area contributed by atoms with Crippen LogP contribution in [0.2, 0.25) is 5.02 Å². The first-order chi connectivity index (χ1) is 10.5. The molecular weight excluding hydrogens is 312 g/mol. The predicted molar refractivity (Wildman–Crippen MR) is 78.2 cm³/mol. The Morgan fingerprint density at radius 1 is 1.05 bits per heavy atom. The van der Waals surface area contributed by atoms with Crippen LogP contribution in [-0.4, -0.2) is 31.1 Å². The van der Waals surface area contributed by atoms with E-state index in [4.69, 9.17) is 21.1 Å². The zero-order valence-corrected chi connectivity index (χ0v) is 12.9. The summed E-state index contributed by atoms with van der Waals surface area (Å²) in [6.07, 6.45) is 0.773. The average molecular weight is 327 g/mol. The molecule has 6 nitrogen and oxygen atoms in total. The Balaban J connectivity index is 2.92. The van der Waals surface area contributed by atoms with Gasteiger partial charge in [-0.3, -0.25) is 0 Å². The SMILES string of the molecule is CCOC(=O)/C=C(/OC(=O)c1ccc(Cl)cc1)C(=O)OCC. The fourth-order valence-electron chi connectivity index (χ4n) is 1.37. The third kappa shape index (κ3) is 5.57. The van der Waals surface area contributed by atoms with Crippen molar-refractivity contribution in [3.63, 3.8) is 0 Å². The van der Waals surface area contributed by atoms with Crippen molar-refractivity contribution in [3.05, 3.63) is 46.7 Å². The molecule has 1 aromatic carbocycles. The normalized spacial score (nSPS) is 10.8. The molecular formula is C15H15ClO6. The molecule has 0 amide bonds. The lowest BCUT2D eigenvalue weighted by molar-refractivity contribution is -0.143. The molecule has 0 saturated carbocycles. The Morgan fingerprint density at radius 2 is 1.64 bits per heavy atom. The van der Waals surface area contributed by atoms with Gasteiger partial charge in [0.15, 0.2) is 0 Å². The van der Waals surface area contributed by atoms with Gasteiger partial charge in [-0.25, -0.2) is 14.4 Å². The van der Waals surface area contributed by atoms with Crippen molar-refractivity contribution in [2.24, 2.45) is 0 Å². The Hall–Kier alpha value is -2.34. The minimum atomic E-state index is -0.933. The van der Waals surface area contributed by atoms with Crippen LogP contribution in [0.5, 0.6) is 0 Å². The third-order valence-electron chi connectivity index (χ3n) is 2.29. The topological polar surface area (TPSA) is 78.9 Å². The van der Waals surface area contributed by atoms with Gasteiger partial charge in [-0.05, 0) is 38.1 Å². The highest BCUT2D eigenvalue weighted by atomic mass is 35.5. The fraction of sp³-hybridized carbons (Fsp3) is 0.267. The van der Waals surface area contributed by atoms with Crippen LogP contribution >= 0.6 is 11.6 Å². The van der Waals surface area contributed by atoms with Crippen LogP contribution in [-0.2, 0) is 23.8 Å². The summed E-state index contributed by atoms with van der Waals surface area (Å²) in [5, 5.41) is 0.448. The number of hydrogen-bond donors (Lipinski definition) is 0. The van der Waals surface area contributed by atoms with Crippen LogP contribution in [0.15, 0.2) is 36.1 Å². The van der Waals surface area contributed by atoms with Crippen molar-refractivity contribution in [1.82, 2.24) is 0 Å². The summed E-state index contributed by atoms with van der Waals surface area (Å²) in [5.74, 6) is -3.10. The number of ether oxygens (including phenoxy) is 3. The second kappa shape index (κ2) is 8.84. The molecule has 0 fully saturated rings. The van der Waals surface area contributed by atoms with Crippen LogP contribution in [0.25, 0.3) is 0 Å². The summed E-state index contributed by atoms with van der Waals surface area (Å²) >= 11 is 5.72. The number of hydrogen-bond acceptors (Lipinski definition) is 6. The van der Waals surface area contributed by atoms with E-state index < -0.39 is 23.7 Å². The first-order valence-corrected chi connectivity index (χ1v) is 6.89. The molecule has 1 rings (SSSR count). The highest BCUT2D eigenvalue weighted by Gasteiger charge is 2.20. The minimum Gasteiger partial charge on any atom is -0.463 e. The number of esters is 3. The van der Waals surface area contributed by atoms with Crippen LogP contribution < -0.4 is 0 Å². The molecule has 1 aromatic rings. The fourth-order valence-corrected chi connectivity index (χ4v) is 1.49. The van der Waals surface area contributed by atoms with E-state index in [2.05, 4.69) is 4.74 Å². The van der Waals surface area contributed by atoms with Gasteiger partial charge in [0.1, 0.15) is 0 Å². The first kappa shape index (κ1) is 17.7. The molecule has 0 unspecified atom stereocenters. The molecule has 0 spiro atoms. The van der Waals surface area contributed by atoms with E-state index in [1.807, 2.05) is 0 Å². The number of benzene rings is 1. The second-order valence-corrected chi connectivity index (χ2v) is 4.31. The second-order valence-electron chi connectivity index (χ2n) is 3.88. The average Bonchev–Trinajstić information content (AvgIpc) is 2.47. The lowest BCUT2D eigenvalue weighted by Crippen LogP contribution is -2.17. The predicted octanol–water partition coefficient (Wildman–Crippen LogP) is 2.51. The summed E-state index contributed by atoms with van der Waals surface area (Å²) in [6, 6.07) is 5.85. The maximum atomic E-state index is 11.9. The minimum absolute atomic E-state index is 0.0670. The van der Waals surface area contributed by atoms with Crippen molar-refractivity contribution < 1.29 is 28.6 Å². The zero-order chi connectivity index (χ0) is 16.5. The molecule has 0 bridgehead atoms. The van der Waals surface area contributed by atoms with Gasteiger partial charge >= 0.3 is 17.9 Å². The molecule has 0 radical (unpaired) electrons. The van der Waals surface area contributed by atoms with Gasteiger partial charge in [-0.15, -0.1) is 0 Å². The monoisotopic (exact) mass is 326 g/mol. The molecule has 0 aliphatic carbocycles. The number of carbonyl (C=O) groups excluding carboxylic acids is 3. The van der Waals surface area contributed by atoms with E-state index in [1.165, 1.54) is 24.3 Å². The Bertz CT molecular complexity index is 576. The van der Waals surface area contributed by atoms with Crippen LogP contribution in [0.1, 0.15) is 24.2 Å². The van der Waals surface area contributed by atoms with Gasteiger partial charge in [0.25, 0.3) is 0 Å². The van der Waals surface area contributed by atoms with E-state index in [0.29, 0.717) is 5.02 Å². The largest absolute Gasteiger partial charge is 0.463 e. The van der Waals surface area contributed by atoms with Crippen LogP contribution in [0, 0.1) is 0 Å². The van der Waals surface area contributed by atoms with Crippen molar-refractivity contribution in [3.8, 4) is 0 Å². The lowest BCUT2D eigenvalue weighted by atomic mass is 10.2. The van der Waals surface area contributed by atoms with Crippen LogP contribution in [0.4, 0.5) is 0 Å². The van der Waals surface area contributed by atoms with E-state index in [1.54, 1.807) is 13.8 Å². The van der Waals surface area contributed by atoms with Crippen molar-refractivity contribution >= 4 is 29.5 Å².